The van der Waals surface area contributed by atoms with Crippen molar-refractivity contribution in [3.8, 4) is 11.5 Å². The quantitative estimate of drug-likeness (QED) is 0.564. The summed E-state index contributed by atoms with van der Waals surface area (Å²) in [5.41, 5.74) is 1.42. The molecule has 0 aliphatic rings. The third-order valence-electron chi connectivity index (χ3n) is 3.87. The topological polar surface area (TPSA) is 76.7 Å². The van der Waals surface area contributed by atoms with Crippen LogP contribution in [-0.4, -0.2) is 20.1 Å². The summed E-state index contributed by atoms with van der Waals surface area (Å²) in [5, 5.41) is 8.40. The van der Waals surface area contributed by atoms with Crippen LogP contribution in [0.1, 0.15) is 18.8 Å². The number of rotatable bonds is 4. The van der Waals surface area contributed by atoms with Gasteiger partial charge in [-0.2, -0.15) is 4.98 Å². The molecule has 1 N–H and O–H groups in total. The maximum absolute atomic E-state index is 13.6. The zero-order valence-electron chi connectivity index (χ0n) is 13.6. The molecule has 1 unspecified atom stereocenters. The highest BCUT2D eigenvalue weighted by atomic mass is 35.5. The van der Waals surface area contributed by atoms with Crippen LogP contribution in [0, 0.1) is 5.82 Å². The predicted molar refractivity (Wildman–Crippen MR) is 96.3 cm³/mol. The molecule has 6 nitrogen and oxygen atoms in total. The fourth-order valence-electron chi connectivity index (χ4n) is 2.53. The number of fused-ring (bicyclic) bond motifs is 1. The van der Waals surface area contributed by atoms with Crippen molar-refractivity contribution in [2.24, 2.45) is 0 Å². The number of aromatic nitrogens is 4. The van der Waals surface area contributed by atoms with E-state index in [0.717, 1.165) is 5.56 Å². The van der Waals surface area contributed by atoms with E-state index in [1.165, 1.54) is 18.5 Å². The minimum atomic E-state index is -0.354. The first-order valence-corrected chi connectivity index (χ1v) is 8.24. The number of nitrogens with one attached hydrogen (secondary N) is 1. The first-order chi connectivity index (χ1) is 12.6. The third-order valence-corrected chi connectivity index (χ3v) is 4.12. The number of nitrogens with zero attached hydrogens (tertiary/aromatic N) is 4. The molecule has 0 fully saturated rings. The van der Waals surface area contributed by atoms with Crippen molar-refractivity contribution in [3.63, 3.8) is 0 Å². The van der Waals surface area contributed by atoms with Crippen molar-refractivity contribution in [2.45, 2.75) is 13.0 Å². The molecule has 0 radical (unpaired) electrons. The van der Waals surface area contributed by atoms with Crippen LogP contribution in [0.15, 0.2) is 53.3 Å². The van der Waals surface area contributed by atoms with Crippen LogP contribution >= 0.6 is 11.6 Å². The second kappa shape index (κ2) is 6.68. The van der Waals surface area contributed by atoms with E-state index in [0.29, 0.717) is 33.5 Å². The third kappa shape index (κ3) is 3.21. The zero-order valence-corrected chi connectivity index (χ0v) is 14.4. The van der Waals surface area contributed by atoms with E-state index in [1.807, 2.05) is 6.92 Å². The Bertz CT molecular complexity index is 1070. The van der Waals surface area contributed by atoms with Gasteiger partial charge in [0.15, 0.2) is 5.82 Å². The van der Waals surface area contributed by atoms with E-state index in [9.17, 15) is 4.39 Å². The molecule has 0 spiro atoms. The minimum absolute atomic E-state index is 0.304. The van der Waals surface area contributed by atoms with Crippen molar-refractivity contribution in [1.29, 1.82) is 0 Å². The average Bonchev–Trinajstić information content (AvgIpc) is 3.13. The molecule has 0 aliphatic carbocycles. The number of halogens is 2. The molecule has 1 atom stereocenters. The molecular weight excluding hydrogens is 357 g/mol. The lowest BCUT2D eigenvalue weighted by molar-refractivity contribution is 0.420. The molecular formula is C18H13ClFN5O. The second-order valence-electron chi connectivity index (χ2n) is 5.71. The number of benzene rings is 2. The first kappa shape index (κ1) is 16.4. The standard InChI is InChI=1S/C18H13ClFN5O/c1-10(16-24-18(26-25-16)11-2-4-12(19)5-3-11)23-17-14-8-13(20)6-7-15(14)21-9-22-17/h2-10H,1H3,(H,21,22,23). The molecule has 0 bridgehead atoms. The Morgan fingerprint density at radius 1 is 1.12 bits per heavy atom. The zero-order chi connectivity index (χ0) is 18.1. The van der Waals surface area contributed by atoms with Gasteiger partial charge in [-0.05, 0) is 49.4 Å². The molecule has 2 heterocycles. The van der Waals surface area contributed by atoms with E-state index in [2.05, 4.69) is 25.4 Å². The lowest BCUT2D eigenvalue weighted by Crippen LogP contribution is -2.10. The van der Waals surface area contributed by atoms with Gasteiger partial charge >= 0.3 is 0 Å². The van der Waals surface area contributed by atoms with Crippen LogP contribution in [0.4, 0.5) is 10.2 Å². The van der Waals surface area contributed by atoms with Gasteiger partial charge in [0.2, 0.25) is 0 Å². The van der Waals surface area contributed by atoms with E-state index < -0.39 is 0 Å². The molecule has 130 valence electrons. The summed E-state index contributed by atoms with van der Waals surface area (Å²) in [6.45, 7) is 1.86. The molecule has 26 heavy (non-hydrogen) atoms. The van der Waals surface area contributed by atoms with Crippen LogP contribution in [0.3, 0.4) is 0 Å². The summed E-state index contributed by atoms with van der Waals surface area (Å²) < 4.78 is 18.9. The smallest absolute Gasteiger partial charge is 0.257 e. The highest BCUT2D eigenvalue weighted by molar-refractivity contribution is 6.30. The van der Waals surface area contributed by atoms with Crippen molar-refractivity contribution in [3.05, 3.63) is 65.5 Å². The highest BCUT2D eigenvalue weighted by Crippen LogP contribution is 2.25. The maximum Gasteiger partial charge on any atom is 0.257 e. The minimum Gasteiger partial charge on any atom is -0.360 e. The van der Waals surface area contributed by atoms with Gasteiger partial charge < -0.3 is 9.84 Å². The summed E-state index contributed by atoms with van der Waals surface area (Å²) in [6, 6.07) is 11.2. The summed E-state index contributed by atoms with van der Waals surface area (Å²) in [5.74, 6) is 0.995. The predicted octanol–water partition coefficient (Wildman–Crippen LogP) is 4.65. The first-order valence-electron chi connectivity index (χ1n) is 7.86. The van der Waals surface area contributed by atoms with Gasteiger partial charge in [0.25, 0.3) is 5.89 Å². The Morgan fingerprint density at radius 2 is 1.92 bits per heavy atom. The van der Waals surface area contributed by atoms with Crippen LogP contribution in [0.2, 0.25) is 5.02 Å². The summed E-state index contributed by atoms with van der Waals surface area (Å²) in [6.07, 6.45) is 1.42. The van der Waals surface area contributed by atoms with Gasteiger partial charge in [0.1, 0.15) is 18.0 Å². The van der Waals surface area contributed by atoms with Gasteiger partial charge in [-0.3, -0.25) is 0 Å². The molecule has 0 saturated heterocycles. The Hall–Kier alpha value is -3.06. The molecule has 2 aromatic heterocycles. The Balaban J connectivity index is 1.60. The molecule has 0 aliphatic heterocycles. The van der Waals surface area contributed by atoms with Crippen LogP contribution in [0.5, 0.6) is 0 Å². The van der Waals surface area contributed by atoms with Crippen LogP contribution in [-0.2, 0) is 0 Å². The van der Waals surface area contributed by atoms with E-state index in [4.69, 9.17) is 16.1 Å². The molecule has 2 aromatic carbocycles. The largest absolute Gasteiger partial charge is 0.360 e. The summed E-state index contributed by atoms with van der Waals surface area (Å²) in [7, 11) is 0. The van der Waals surface area contributed by atoms with Gasteiger partial charge in [0, 0.05) is 16.0 Å². The molecule has 0 saturated carbocycles. The van der Waals surface area contributed by atoms with Crippen molar-refractivity contribution < 1.29 is 8.91 Å². The van der Waals surface area contributed by atoms with Crippen LogP contribution in [0.25, 0.3) is 22.4 Å². The number of hydrogen-bond acceptors (Lipinski definition) is 6. The van der Waals surface area contributed by atoms with E-state index >= 15 is 0 Å². The second-order valence-corrected chi connectivity index (χ2v) is 6.15. The monoisotopic (exact) mass is 369 g/mol. The van der Waals surface area contributed by atoms with Crippen LogP contribution < -0.4 is 5.32 Å². The lowest BCUT2D eigenvalue weighted by atomic mass is 10.2. The van der Waals surface area contributed by atoms with Crippen molar-refractivity contribution in [2.75, 3.05) is 5.32 Å². The van der Waals surface area contributed by atoms with Gasteiger partial charge in [-0.1, -0.05) is 16.8 Å². The van der Waals surface area contributed by atoms with Crippen molar-refractivity contribution in [1.82, 2.24) is 20.1 Å². The Labute approximate surface area is 153 Å². The molecule has 8 heteroatoms. The van der Waals surface area contributed by atoms with E-state index in [1.54, 1.807) is 30.3 Å². The lowest BCUT2D eigenvalue weighted by Gasteiger charge is -2.12. The Kier molecular flexibility index (Phi) is 4.22. The van der Waals surface area contributed by atoms with Crippen molar-refractivity contribution >= 4 is 28.3 Å². The van der Waals surface area contributed by atoms with Gasteiger partial charge in [-0.25, -0.2) is 14.4 Å². The summed E-state index contributed by atoms with van der Waals surface area (Å²) in [4.78, 5) is 12.7. The van der Waals surface area contributed by atoms with Gasteiger partial charge in [-0.15, -0.1) is 0 Å². The SMILES string of the molecule is CC(Nc1ncnc2ccc(F)cc12)c1noc(-c2ccc(Cl)cc2)n1. The molecule has 0 amide bonds. The average molecular weight is 370 g/mol. The summed E-state index contributed by atoms with van der Waals surface area (Å²) >= 11 is 5.89. The molecule has 4 aromatic rings. The maximum atomic E-state index is 13.6. The number of anilines is 1. The highest BCUT2D eigenvalue weighted by Gasteiger charge is 2.16. The fraction of sp³-hybridized carbons (Fsp3) is 0.111. The molecule has 4 rings (SSSR count). The normalized spacial score (nSPS) is 12.3. The van der Waals surface area contributed by atoms with Gasteiger partial charge in [0.05, 0.1) is 11.6 Å². The Morgan fingerprint density at radius 3 is 2.73 bits per heavy atom. The van der Waals surface area contributed by atoms with E-state index in [-0.39, 0.29) is 11.9 Å². The fourth-order valence-corrected chi connectivity index (χ4v) is 2.66. The number of hydrogen-bond donors (Lipinski definition) is 1.